The first-order valence-corrected chi connectivity index (χ1v) is 8.65. The number of amides is 1. The number of pyridine rings is 2. The molecule has 2 aromatic heterocycles. The topological polar surface area (TPSA) is 80.9 Å². The highest BCUT2D eigenvalue weighted by Crippen LogP contribution is 2.19. The summed E-state index contributed by atoms with van der Waals surface area (Å²) in [5, 5.41) is 2.79. The number of nitrogens with zero attached hydrogens (tertiary/aromatic N) is 2. The van der Waals surface area contributed by atoms with Gasteiger partial charge in [-0.2, -0.15) is 0 Å². The molecule has 2 heterocycles. The Bertz CT molecular complexity index is 620. The summed E-state index contributed by atoms with van der Waals surface area (Å²) >= 11 is 4.28. The number of hydrogen-bond acceptors (Lipinski definition) is 4. The molecular formula is C15H18I2N4O. The van der Waals surface area contributed by atoms with Crippen molar-refractivity contribution in [3.63, 3.8) is 0 Å². The molecule has 0 unspecified atom stereocenters. The largest absolute Gasteiger partial charge is 0.383 e. The molecule has 0 spiro atoms. The fourth-order valence-corrected chi connectivity index (χ4v) is 2.00. The van der Waals surface area contributed by atoms with E-state index >= 15 is 0 Å². The van der Waals surface area contributed by atoms with E-state index in [1.165, 1.54) is 0 Å². The highest BCUT2D eigenvalue weighted by atomic mass is 127. The molecule has 0 radical (unpaired) electrons. The summed E-state index contributed by atoms with van der Waals surface area (Å²) in [5.74, 6) is 1.22. The molecule has 2 rings (SSSR count). The molecule has 118 valence electrons. The van der Waals surface area contributed by atoms with Crippen molar-refractivity contribution < 1.29 is 4.79 Å². The second-order valence-corrected chi connectivity index (χ2v) is 7.73. The molecule has 22 heavy (non-hydrogen) atoms. The van der Waals surface area contributed by atoms with Crippen LogP contribution in [0.3, 0.4) is 0 Å². The van der Waals surface area contributed by atoms with E-state index in [0.29, 0.717) is 11.6 Å². The summed E-state index contributed by atoms with van der Waals surface area (Å²) in [6, 6.07) is 7.53. The zero-order chi connectivity index (χ0) is 16.8. The van der Waals surface area contributed by atoms with Gasteiger partial charge in [-0.3, -0.25) is 4.79 Å². The van der Waals surface area contributed by atoms with Crippen LogP contribution in [0.5, 0.6) is 0 Å². The first-order valence-electron chi connectivity index (χ1n) is 6.50. The Morgan fingerprint density at radius 2 is 1.64 bits per heavy atom. The van der Waals surface area contributed by atoms with Crippen LogP contribution in [0.25, 0.3) is 0 Å². The standard InChI is InChI=1S/C10H13IN2O.C5H5IN2/c1-10(2,3)9(14)13-8-7(11)5-4-6-12-8;6-4-2-1-3-8-5(4)7/h4-6H,1-3H3,(H,12,13,14);1-3H,(H2,7,8). The average molecular weight is 524 g/mol. The van der Waals surface area contributed by atoms with Crippen LogP contribution in [0.15, 0.2) is 36.7 Å². The van der Waals surface area contributed by atoms with Crippen LogP contribution in [0.4, 0.5) is 11.6 Å². The van der Waals surface area contributed by atoms with Crippen LogP contribution in [-0.4, -0.2) is 15.9 Å². The van der Waals surface area contributed by atoms with Gasteiger partial charge in [0.15, 0.2) is 0 Å². The van der Waals surface area contributed by atoms with Crippen molar-refractivity contribution in [2.24, 2.45) is 5.41 Å². The van der Waals surface area contributed by atoms with Gasteiger partial charge in [-0.1, -0.05) is 20.8 Å². The average Bonchev–Trinajstić information content (AvgIpc) is 2.44. The number of nitrogen functional groups attached to an aromatic ring is 1. The van der Waals surface area contributed by atoms with Gasteiger partial charge in [0.05, 0.1) is 7.14 Å². The van der Waals surface area contributed by atoms with Crippen molar-refractivity contribution in [2.75, 3.05) is 11.1 Å². The van der Waals surface area contributed by atoms with Crippen LogP contribution >= 0.6 is 45.2 Å². The maximum absolute atomic E-state index is 11.6. The van der Waals surface area contributed by atoms with E-state index in [9.17, 15) is 4.79 Å². The van der Waals surface area contributed by atoms with E-state index in [0.717, 1.165) is 7.14 Å². The lowest BCUT2D eigenvalue weighted by molar-refractivity contribution is -0.123. The second-order valence-electron chi connectivity index (χ2n) is 5.41. The van der Waals surface area contributed by atoms with E-state index in [1.54, 1.807) is 12.4 Å². The molecule has 7 heteroatoms. The second kappa shape index (κ2) is 8.61. The SMILES string of the molecule is CC(C)(C)C(=O)Nc1ncccc1I.Nc1ncccc1I. The lowest BCUT2D eigenvalue weighted by Crippen LogP contribution is -2.28. The lowest BCUT2D eigenvalue weighted by Gasteiger charge is -2.17. The van der Waals surface area contributed by atoms with Gasteiger partial charge < -0.3 is 11.1 Å². The zero-order valence-corrected chi connectivity index (χ0v) is 16.9. The molecule has 0 atom stereocenters. The van der Waals surface area contributed by atoms with Gasteiger partial charge in [-0.25, -0.2) is 9.97 Å². The Morgan fingerprint density at radius 3 is 2.05 bits per heavy atom. The number of hydrogen-bond donors (Lipinski definition) is 2. The van der Waals surface area contributed by atoms with E-state index < -0.39 is 0 Å². The monoisotopic (exact) mass is 524 g/mol. The van der Waals surface area contributed by atoms with Crippen LogP contribution in [0.1, 0.15) is 20.8 Å². The van der Waals surface area contributed by atoms with Crippen LogP contribution in [-0.2, 0) is 4.79 Å². The minimum Gasteiger partial charge on any atom is -0.383 e. The molecule has 0 saturated carbocycles. The van der Waals surface area contributed by atoms with E-state index in [-0.39, 0.29) is 11.3 Å². The van der Waals surface area contributed by atoms with E-state index in [1.807, 2.05) is 45.0 Å². The lowest BCUT2D eigenvalue weighted by atomic mass is 9.96. The fraction of sp³-hybridized carbons (Fsp3) is 0.267. The summed E-state index contributed by atoms with van der Waals surface area (Å²) in [6.07, 6.45) is 3.35. The Kier molecular flexibility index (Phi) is 7.46. The third-order valence-corrected chi connectivity index (χ3v) is 4.24. The van der Waals surface area contributed by atoms with Crippen LogP contribution < -0.4 is 11.1 Å². The van der Waals surface area contributed by atoms with Gasteiger partial charge in [0.1, 0.15) is 11.6 Å². The Labute approximate surface area is 157 Å². The number of carbonyl (C=O) groups is 1. The number of halogens is 2. The highest BCUT2D eigenvalue weighted by Gasteiger charge is 2.21. The summed E-state index contributed by atoms with van der Waals surface area (Å²) in [4.78, 5) is 19.6. The molecule has 5 nitrogen and oxygen atoms in total. The molecule has 0 aliphatic rings. The Hall–Kier alpha value is -0.970. The summed E-state index contributed by atoms with van der Waals surface area (Å²) in [6.45, 7) is 5.62. The summed E-state index contributed by atoms with van der Waals surface area (Å²) in [7, 11) is 0. The smallest absolute Gasteiger partial charge is 0.230 e. The van der Waals surface area contributed by atoms with Gasteiger partial charge in [-0.15, -0.1) is 0 Å². The molecule has 0 aliphatic heterocycles. The van der Waals surface area contributed by atoms with Crippen molar-refractivity contribution in [3.05, 3.63) is 43.8 Å². The zero-order valence-electron chi connectivity index (χ0n) is 12.6. The number of rotatable bonds is 1. The van der Waals surface area contributed by atoms with Gasteiger partial charge in [-0.05, 0) is 69.4 Å². The minimum absolute atomic E-state index is 0.0193. The van der Waals surface area contributed by atoms with E-state index in [4.69, 9.17) is 5.73 Å². The Morgan fingerprint density at radius 1 is 1.09 bits per heavy atom. The minimum atomic E-state index is -0.388. The van der Waals surface area contributed by atoms with Crippen molar-refractivity contribution >= 4 is 62.7 Å². The molecule has 0 bridgehead atoms. The van der Waals surface area contributed by atoms with Gasteiger partial charge in [0.2, 0.25) is 5.91 Å². The quantitative estimate of drug-likeness (QED) is 0.555. The van der Waals surface area contributed by atoms with Gasteiger partial charge >= 0.3 is 0 Å². The van der Waals surface area contributed by atoms with E-state index in [2.05, 4.69) is 60.5 Å². The predicted octanol–water partition coefficient (Wildman–Crippen LogP) is 3.94. The maximum atomic E-state index is 11.6. The van der Waals surface area contributed by atoms with Crippen LogP contribution in [0, 0.1) is 12.6 Å². The number of nitrogens with one attached hydrogen (secondary N) is 1. The molecule has 0 saturated heterocycles. The molecule has 2 aromatic rings. The third kappa shape index (κ3) is 6.42. The normalized spacial score (nSPS) is 10.4. The highest BCUT2D eigenvalue weighted by molar-refractivity contribution is 14.1. The summed E-state index contributed by atoms with van der Waals surface area (Å²) < 4.78 is 1.95. The van der Waals surface area contributed by atoms with Gasteiger partial charge in [0, 0.05) is 17.8 Å². The van der Waals surface area contributed by atoms with Crippen molar-refractivity contribution in [1.82, 2.24) is 9.97 Å². The van der Waals surface area contributed by atoms with Crippen molar-refractivity contribution in [2.45, 2.75) is 20.8 Å². The molecule has 0 fully saturated rings. The number of nitrogens with two attached hydrogens (primary N) is 1. The third-order valence-electron chi connectivity index (χ3n) is 2.46. The summed E-state index contributed by atoms with van der Waals surface area (Å²) in [5.41, 5.74) is 5.01. The van der Waals surface area contributed by atoms with Crippen molar-refractivity contribution in [1.29, 1.82) is 0 Å². The molecule has 0 aliphatic carbocycles. The number of anilines is 2. The van der Waals surface area contributed by atoms with Crippen LogP contribution in [0.2, 0.25) is 0 Å². The first kappa shape index (κ1) is 19.1. The molecule has 0 aromatic carbocycles. The Balaban J connectivity index is 0.000000255. The predicted molar refractivity (Wildman–Crippen MR) is 106 cm³/mol. The number of carbonyl (C=O) groups excluding carboxylic acids is 1. The van der Waals surface area contributed by atoms with Gasteiger partial charge in [0.25, 0.3) is 0 Å². The molecule has 3 N–H and O–H groups in total. The fourth-order valence-electron chi connectivity index (χ4n) is 1.17. The van der Waals surface area contributed by atoms with Crippen molar-refractivity contribution in [3.8, 4) is 0 Å². The first-order chi connectivity index (χ1) is 10.2. The number of aromatic nitrogens is 2. The molecular weight excluding hydrogens is 506 g/mol. The molecule has 1 amide bonds. The maximum Gasteiger partial charge on any atom is 0.230 e.